The van der Waals surface area contributed by atoms with E-state index in [0.29, 0.717) is 41.7 Å². The largest absolute Gasteiger partial charge is 0.477 e. The SMILES string of the molecule is Nc1nc(/C(=N/OCF)C(=O)N[C@@H]2C(=O)N3C(C(=O)O)=C(C[N+]45CCC(O)(CC4)C5)CS[C@H]23)ns1. The average Bonchev–Trinajstić information content (AvgIpc) is 3.49. The van der Waals surface area contributed by atoms with E-state index in [-0.39, 0.29) is 16.7 Å². The summed E-state index contributed by atoms with van der Waals surface area (Å²) in [4.78, 5) is 47.4. The van der Waals surface area contributed by atoms with Crippen LogP contribution in [0.15, 0.2) is 16.4 Å². The second kappa shape index (κ2) is 8.69. The fourth-order valence-corrected chi connectivity index (χ4v) is 7.08. The van der Waals surface area contributed by atoms with Gasteiger partial charge in [-0.1, -0.05) is 5.16 Å². The van der Waals surface area contributed by atoms with Gasteiger partial charge in [0.1, 0.15) is 35.8 Å². The summed E-state index contributed by atoms with van der Waals surface area (Å²) in [5.74, 6) is -2.49. The van der Waals surface area contributed by atoms with Gasteiger partial charge in [0.15, 0.2) is 5.13 Å². The molecule has 0 aliphatic carbocycles. The zero-order valence-corrected chi connectivity index (χ0v) is 20.0. The van der Waals surface area contributed by atoms with Gasteiger partial charge in [0, 0.05) is 35.7 Å². The Kier molecular flexibility index (Phi) is 5.93. The lowest BCUT2D eigenvalue weighted by Gasteiger charge is -2.49. The summed E-state index contributed by atoms with van der Waals surface area (Å²) in [6.45, 7) is 1.29. The standard InChI is InChI=1S/C19H22FN7O6S2/c20-8-33-24-10(13-23-18(21)35-25-13)14(28)22-11-15(29)26-12(17(30)31)9(6-34-16(11)26)5-27-3-1-19(32,7-27)2-4-27/h11,16,32H,1-8H2,(H3-,21,22,23,25,28,30,31)/p+1/b24-10-/t11-,16-,19?,27?/m1/s1. The number of hydrogen-bond donors (Lipinski definition) is 4. The second-order valence-corrected chi connectivity index (χ2v) is 11.0. The number of aromatic nitrogens is 2. The fraction of sp³-hybridized carbons (Fsp3) is 0.579. The summed E-state index contributed by atoms with van der Waals surface area (Å²) >= 11 is 2.15. The number of oxime groups is 1. The van der Waals surface area contributed by atoms with Gasteiger partial charge in [-0.3, -0.25) is 14.5 Å². The number of thioether (sulfide) groups is 1. The quantitative estimate of drug-likeness (QED) is 0.139. The summed E-state index contributed by atoms with van der Waals surface area (Å²) in [6, 6.07) is -1.02. The Morgan fingerprint density at radius 3 is 2.71 bits per heavy atom. The molecule has 35 heavy (non-hydrogen) atoms. The lowest BCUT2D eigenvalue weighted by molar-refractivity contribution is -0.904. The van der Waals surface area contributed by atoms with Crippen LogP contribution in [-0.4, -0.2) is 108 Å². The van der Waals surface area contributed by atoms with E-state index in [0.717, 1.165) is 24.6 Å². The molecule has 2 amide bonds. The van der Waals surface area contributed by atoms with E-state index in [9.17, 15) is 29.0 Å². The van der Waals surface area contributed by atoms with Crippen molar-refractivity contribution in [2.75, 3.05) is 44.5 Å². The molecule has 2 bridgehead atoms. The van der Waals surface area contributed by atoms with Crippen LogP contribution in [0.3, 0.4) is 0 Å². The van der Waals surface area contributed by atoms with Crippen LogP contribution < -0.4 is 11.1 Å². The topological polar surface area (TPSA) is 180 Å². The molecule has 0 saturated carbocycles. The van der Waals surface area contributed by atoms with Crippen molar-refractivity contribution in [3.63, 3.8) is 0 Å². The summed E-state index contributed by atoms with van der Waals surface area (Å²) < 4.78 is 17.0. The van der Waals surface area contributed by atoms with Crippen molar-refractivity contribution in [2.45, 2.75) is 29.9 Å². The molecule has 0 radical (unpaired) electrons. The van der Waals surface area contributed by atoms with E-state index in [4.69, 9.17) is 5.73 Å². The van der Waals surface area contributed by atoms with E-state index in [1.165, 1.54) is 16.7 Å². The minimum Gasteiger partial charge on any atom is -0.477 e. The maximum absolute atomic E-state index is 13.0. The molecule has 1 aromatic rings. The number of quaternary nitrogens is 1. The smallest absolute Gasteiger partial charge is 0.352 e. The monoisotopic (exact) mass is 528 g/mol. The number of nitrogens with one attached hydrogen (secondary N) is 1. The van der Waals surface area contributed by atoms with Gasteiger partial charge >= 0.3 is 5.97 Å². The van der Waals surface area contributed by atoms with Crippen molar-refractivity contribution in [2.24, 2.45) is 5.16 Å². The van der Waals surface area contributed by atoms with Crippen LogP contribution in [0.25, 0.3) is 0 Å². The first-order valence-corrected chi connectivity index (χ1v) is 12.6. The molecule has 188 valence electrons. The predicted octanol–water partition coefficient (Wildman–Crippen LogP) is -1.14. The molecule has 16 heteroatoms. The Bertz CT molecular complexity index is 1150. The third kappa shape index (κ3) is 4.13. The molecule has 2 atom stereocenters. The normalized spacial score (nSPS) is 31.9. The van der Waals surface area contributed by atoms with E-state index < -0.39 is 47.4 Å². The van der Waals surface area contributed by atoms with E-state index in [2.05, 4.69) is 24.7 Å². The van der Waals surface area contributed by atoms with Gasteiger partial charge < -0.3 is 30.6 Å². The lowest BCUT2D eigenvalue weighted by Crippen LogP contribution is -2.71. The van der Waals surface area contributed by atoms with Crippen molar-refractivity contribution in [1.82, 2.24) is 19.6 Å². The van der Waals surface area contributed by atoms with Crippen molar-refractivity contribution in [1.29, 1.82) is 0 Å². The Hall–Kier alpha value is -2.82. The third-order valence-electron chi connectivity index (χ3n) is 6.87. The van der Waals surface area contributed by atoms with Gasteiger partial charge in [-0.05, 0) is 0 Å². The highest BCUT2D eigenvalue weighted by atomic mass is 32.2. The average molecular weight is 529 g/mol. The van der Waals surface area contributed by atoms with Crippen molar-refractivity contribution in [3.05, 3.63) is 17.1 Å². The molecule has 5 heterocycles. The number of aliphatic hydroxyl groups is 1. The third-order valence-corrected chi connectivity index (χ3v) is 8.75. The molecule has 0 aromatic carbocycles. The molecule has 1 aromatic heterocycles. The van der Waals surface area contributed by atoms with Crippen LogP contribution in [0.1, 0.15) is 18.7 Å². The molecule has 4 aliphatic rings. The van der Waals surface area contributed by atoms with Gasteiger partial charge in [-0.15, -0.1) is 11.8 Å². The van der Waals surface area contributed by atoms with Gasteiger partial charge in [0.2, 0.25) is 11.5 Å². The lowest BCUT2D eigenvalue weighted by atomic mass is 10.00. The molecular formula is C19H23FN7O6S2+. The number of nitrogen functional groups attached to an aromatic ring is 1. The number of fused-ring (bicyclic) bond motifs is 3. The summed E-state index contributed by atoms with van der Waals surface area (Å²) in [5.41, 5.74) is 4.98. The number of amides is 2. The molecule has 3 saturated heterocycles. The van der Waals surface area contributed by atoms with Gasteiger partial charge in [-0.2, -0.15) is 9.36 Å². The number of carboxylic acid groups (broad SMARTS) is 1. The van der Waals surface area contributed by atoms with Gasteiger partial charge in [0.25, 0.3) is 18.7 Å². The minimum absolute atomic E-state index is 0.0547. The molecule has 13 nitrogen and oxygen atoms in total. The summed E-state index contributed by atoms with van der Waals surface area (Å²) in [7, 11) is 0. The highest BCUT2D eigenvalue weighted by molar-refractivity contribution is 8.00. The Morgan fingerprint density at radius 2 is 2.14 bits per heavy atom. The number of alkyl halides is 1. The number of nitrogens with two attached hydrogens (primary N) is 1. The molecule has 4 aliphatic heterocycles. The maximum Gasteiger partial charge on any atom is 0.352 e. The molecule has 3 fully saturated rings. The van der Waals surface area contributed by atoms with Crippen LogP contribution in [-0.2, 0) is 19.2 Å². The number of aliphatic carboxylic acids is 1. The first-order chi connectivity index (χ1) is 16.7. The van der Waals surface area contributed by atoms with Crippen molar-refractivity contribution >= 4 is 51.9 Å². The summed E-state index contributed by atoms with van der Waals surface area (Å²) in [6.07, 6.45) is 1.37. The zero-order chi connectivity index (χ0) is 25.0. The van der Waals surface area contributed by atoms with E-state index >= 15 is 0 Å². The van der Waals surface area contributed by atoms with E-state index in [1.807, 2.05) is 0 Å². The first kappa shape index (κ1) is 23.9. The van der Waals surface area contributed by atoms with Gasteiger partial charge in [-0.25, -0.2) is 9.18 Å². The fourth-order valence-electron chi connectivity index (χ4n) is 5.31. The highest BCUT2D eigenvalue weighted by Crippen LogP contribution is 2.44. The van der Waals surface area contributed by atoms with Crippen molar-refractivity contribution in [3.8, 4) is 0 Å². The highest BCUT2D eigenvalue weighted by Gasteiger charge is 2.58. The molecule has 5 rings (SSSR count). The zero-order valence-electron chi connectivity index (χ0n) is 18.3. The number of rotatable bonds is 8. The number of β-lactam (4-membered cyclic amide) rings is 1. The van der Waals surface area contributed by atoms with Crippen LogP contribution in [0.4, 0.5) is 9.52 Å². The van der Waals surface area contributed by atoms with Gasteiger partial charge in [0.05, 0.1) is 13.1 Å². The number of halogens is 1. The molecule has 0 unspecified atom stereocenters. The Balaban J connectivity index is 1.33. The number of carboxylic acids is 1. The van der Waals surface area contributed by atoms with Crippen molar-refractivity contribution < 1.29 is 38.3 Å². The Labute approximate surface area is 206 Å². The Morgan fingerprint density at radius 1 is 1.40 bits per heavy atom. The second-order valence-electron chi connectivity index (χ2n) is 9.08. The van der Waals surface area contributed by atoms with Crippen LogP contribution in [0, 0.1) is 0 Å². The number of piperidine rings is 1. The van der Waals surface area contributed by atoms with Crippen LogP contribution >= 0.6 is 23.3 Å². The maximum atomic E-state index is 13.0. The molecule has 0 spiro atoms. The molecular weight excluding hydrogens is 505 g/mol. The first-order valence-electron chi connectivity index (χ1n) is 10.8. The number of carbonyl (C=O) groups is 3. The predicted molar refractivity (Wildman–Crippen MR) is 122 cm³/mol. The number of carbonyl (C=O) groups excluding carboxylic acids is 2. The molecule has 5 N–H and O–H groups in total. The summed E-state index contributed by atoms with van der Waals surface area (Å²) in [5, 5.41) is 25.8. The number of nitrogens with zero attached hydrogens (tertiary/aromatic N) is 5. The van der Waals surface area contributed by atoms with Crippen LogP contribution in [0.2, 0.25) is 0 Å². The minimum atomic E-state index is -1.29. The van der Waals surface area contributed by atoms with Crippen LogP contribution in [0.5, 0.6) is 0 Å². The van der Waals surface area contributed by atoms with E-state index in [1.54, 1.807) is 0 Å². The number of anilines is 1. The number of hydrogen-bond acceptors (Lipinski definition) is 11.